The van der Waals surface area contributed by atoms with Gasteiger partial charge in [-0.25, -0.2) is 4.39 Å². The van der Waals surface area contributed by atoms with E-state index in [1.165, 1.54) is 12.1 Å². The number of benzene rings is 1. The molecule has 3 aromatic rings. The number of nitrogens with zero attached hydrogens (tertiary/aromatic N) is 2. The van der Waals surface area contributed by atoms with Crippen molar-refractivity contribution in [1.82, 2.24) is 14.9 Å². The van der Waals surface area contributed by atoms with Gasteiger partial charge in [0.15, 0.2) is 0 Å². The van der Waals surface area contributed by atoms with Crippen LogP contribution in [0, 0.1) is 5.82 Å². The Morgan fingerprint density at radius 3 is 2.77 bits per heavy atom. The van der Waals surface area contributed by atoms with Crippen molar-refractivity contribution < 1.29 is 13.9 Å². The number of pyridine rings is 1. The summed E-state index contributed by atoms with van der Waals surface area (Å²) in [6.07, 6.45) is 5.17. The lowest BCUT2D eigenvalue weighted by Crippen LogP contribution is -2.38. The maximum atomic E-state index is 13.1. The molecule has 0 bridgehead atoms. The SMILES string of the molecule is O=C(NC1CCOCC1)c1cn(Cc2ccc(F)cc2)c2cccnc12. The van der Waals surface area contributed by atoms with E-state index in [0.717, 1.165) is 23.9 Å². The third-order valence-electron chi connectivity index (χ3n) is 4.70. The summed E-state index contributed by atoms with van der Waals surface area (Å²) in [5, 5.41) is 3.09. The average Bonchev–Trinajstić information content (AvgIpc) is 3.03. The van der Waals surface area contributed by atoms with E-state index in [1.54, 1.807) is 18.3 Å². The number of carbonyl (C=O) groups excluding carboxylic acids is 1. The number of halogens is 1. The van der Waals surface area contributed by atoms with E-state index in [2.05, 4.69) is 10.3 Å². The molecule has 4 rings (SSSR count). The Balaban J connectivity index is 1.62. The van der Waals surface area contributed by atoms with E-state index in [4.69, 9.17) is 4.74 Å². The molecule has 6 heteroatoms. The molecule has 0 spiro atoms. The summed E-state index contributed by atoms with van der Waals surface area (Å²) in [7, 11) is 0. The van der Waals surface area contributed by atoms with Gasteiger partial charge in [-0.3, -0.25) is 9.78 Å². The highest BCUT2D eigenvalue weighted by atomic mass is 19.1. The second kappa shape index (κ2) is 7.25. The highest BCUT2D eigenvalue weighted by Crippen LogP contribution is 2.21. The lowest BCUT2D eigenvalue weighted by Gasteiger charge is -2.22. The van der Waals surface area contributed by atoms with Crippen LogP contribution in [0.2, 0.25) is 0 Å². The molecule has 5 nitrogen and oxygen atoms in total. The molecule has 1 fully saturated rings. The summed E-state index contributed by atoms with van der Waals surface area (Å²) in [5.41, 5.74) is 3.09. The third kappa shape index (κ3) is 3.46. The van der Waals surface area contributed by atoms with Crippen molar-refractivity contribution in [1.29, 1.82) is 0 Å². The fourth-order valence-corrected chi connectivity index (χ4v) is 3.31. The number of fused-ring (bicyclic) bond motifs is 1. The van der Waals surface area contributed by atoms with Crippen LogP contribution in [-0.4, -0.2) is 34.7 Å². The average molecular weight is 353 g/mol. The number of rotatable bonds is 4. The topological polar surface area (TPSA) is 56.1 Å². The molecule has 26 heavy (non-hydrogen) atoms. The summed E-state index contributed by atoms with van der Waals surface area (Å²) < 4.78 is 20.5. The minimum absolute atomic E-state index is 0.113. The van der Waals surface area contributed by atoms with Gasteiger partial charge < -0.3 is 14.6 Å². The zero-order valence-electron chi connectivity index (χ0n) is 14.3. The van der Waals surface area contributed by atoms with Gasteiger partial charge in [0.1, 0.15) is 11.3 Å². The lowest BCUT2D eigenvalue weighted by atomic mass is 10.1. The number of nitrogens with one attached hydrogen (secondary N) is 1. The van der Waals surface area contributed by atoms with Gasteiger partial charge in [-0.2, -0.15) is 0 Å². The Morgan fingerprint density at radius 1 is 1.23 bits per heavy atom. The highest BCUT2D eigenvalue weighted by Gasteiger charge is 2.21. The quantitative estimate of drug-likeness (QED) is 0.784. The molecule has 1 saturated heterocycles. The van der Waals surface area contributed by atoms with Gasteiger partial charge in [0.05, 0.1) is 11.1 Å². The number of hydrogen-bond donors (Lipinski definition) is 1. The molecular weight excluding hydrogens is 333 g/mol. The number of amides is 1. The first-order valence-electron chi connectivity index (χ1n) is 8.77. The molecule has 1 amide bonds. The van der Waals surface area contributed by atoms with E-state index in [1.807, 2.05) is 22.9 Å². The van der Waals surface area contributed by atoms with Crippen LogP contribution in [0.15, 0.2) is 48.8 Å². The number of ether oxygens (including phenoxy) is 1. The maximum absolute atomic E-state index is 13.1. The number of carbonyl (C=O) groups is 1. The Labute approximate surface area is 150 Å². The van der Waals surface area contributed by atoms with Gasteiger partial charge in [0, 0.05) is 38.2 Å². The van der Waals surface area contributed by atoms with Crippen molar-refractivity contribution >= 4 is 16.9 Å². The van der Waals surface area contributed by atoms with Crippen LogP contribution < -0.4 is 5.32 Å². The number of hydrogen-bond acceptors (Lipinski definition) is 3. The van der Waals surface area contributed by atoms with E-state index < -0.39 is 0 Å². The van der Waals surface area contributed by atoms with E-state index in [9.17, 15) is 9.18 Å². The fourth-order valence-electron chi connectivity index (χ4n) is 3.31. The molecule has 1 aliphatic rings. The van der Waals surface area contributed by atoms with Crippen LogP contribution in [0.25, 0.3) is 11.0 Å². The van der Waals surface area contributed by atoms with Gasteiger partial charge in [-0.05, 0) is 42.7 Å². The van der Waals surface area contributed by atoms with E-state index in [0.29, 0.717) is 30.8 Å². The van der Waals surface area contributed by atoms with Crippen LogP contribution in [0.3, 0.4) is 0 Å². The van der Waals surface area contributed by atoms with Crippen molar-refractivity contribution in [2.45, 2.75) is 25.4 Å². The minimum Gasteiger partial charge on any atom is -0.381 e. The first-order chi connectivity index (χ1) is 12.7. The molecule has 0 aliphatic carbocycles. The predicted molar refractivity (Wildman–Crippen MR) is 96.5 cm³/mol. The summed E-state index contributed by atoms with van der Waals surface area (Å²) in [5.74, 6) is -0.372. The molecule has 0 unspecified atom stereocenters. The molecule has 1 aliphatic heterocycles. The highest BCUT2D eigenvalue weighted by molar-refractivity contribution is 6.05. The zero-order chi connectivity index (χ0) is 17.9. The Morgan fingerprint density at radius 2 is 2.00 bits per heavy atom. The van der Waals surface area contributed by atoms with Crippen LogP contribution in [0.1, 0.15) is 28.8 Å². The van der Waals surface area contributed by atoms with Crippen molar-refractivity contribution in [2.75, 3.05) is 13.2 Å². The van der Waals surface area contributed by atoms with Crippen LogP contribution in [0.5, 0.6) is 0 Å². The normalized spacial score (nSPS) is 15.3. The first kappa shape index (κ1) is 16.7. The van der Waals surface area contributed by atoms with Gasteiger partial charge in [0.2, 0.25) is 0 Å². The van der Waals surface area contributed by atoms with Crippen LogP contribution >= 0.6 is 0 Å². The summed E-state index contributed by atoms with van der Waals surface area (Å²) in [6.45, 7) is 1.90. The van der Waals surface area contributed by atoms with Crippen molar-refractivity contribution in [3.05, 3.63) is 65.7 Å². The third-order valence-corrected chi connectivity index (χ3v) is 4.70. The molecule has 2 aromatic heterocycles. The van der Waals surface area contributed by atoms with Gasteiger partial charge in [-0.15, -0.1) is 0 Å². The zero-order valence-corrected chi connectivity index (χ0v) is 14.3. The second-order valence-corrected chi connectivity index (χ2v) is 6.53. The van der Waals surface area contributed by atoms with Gasteiger partial charge >= 0.3 is 0 Å². The molecule has 0 saturated carbocycles. The first-order valence-corrected chi connectivity index (χ1v) is 8.77. The summed E-state index contributed by atoms with van der Waals surface area (Å²) in [4.78, 5) is 17.2. The standard InChI is InChI=1S/C20H20FN3O2/c21-15-5-3-14(4-6-15)12-24-13-17(19-18(24)2-1-9-22-19)20(25)23-16-7-10-26-11-8-16/h1-6,9,13,16H,7-8,10-12H2,(H,23,25). The van der Waals surface area contributed by atoms with Crippen LogP contribution in [-0.2, 0) is 11.3 Å². The van der Waals surface area contributed by atoms with E-state index in [-0.39, 0.29) is 17.8 Å². The molecule has 3 heterocycles. The second-order valence-electron chi connectivity index (χ2n) is 6.53. The number of aromatic nitrogens is 2. The lowest BCUT2D eigenvalue weighted by molar-refractivity contribution is 0.0697. The largest absolute Gasteiger partial charge is 0.381 e. The molecule has 0 atom stereocenters. The molecule has 134 valence electrons. The maximum Gasteiger partial charge on any atom is 0.255 e. The van der Waals surface area contributed by atoms with Gasteiger partial charge in [0.25, 0.3) is 5.91 Å². The molecule has 1 N–H and O–H groups in total. The van der Waals surface area contributed by atoms with E-state index >= 15 is 0 Å². The molecular formula is C20H20FN3O2. The van der Waals surface area contributed by atoms with Crippen molar-refractivity contribution in [3.8, 4) is 0 Å². The fraction of sp³-hybridized carbons (Fsp3) is 0.300. The van der Waals surface area contributed by atoms with Crippen LogP contribution in [0.4, 0.5) is 4.39 Å². The molecule has 0 radical (unpaired) electrons. The van der Waals surface area contributed by atoms with Crippen molar-refractivity contribution in [3.63, 3.8) is 0 Å². The van der Waals surface area contributed by atoms with Crippen molar-refractivity contribution in [2.24, 2.45) is 0 Å². The Bertz CT molecular complexity index is 914. The molecule has 1 aromatic carbocycles. The monoisotopic (exact) mass is 353 g/mol. The Hall–Kier alpha value is -2.73. The smallest absolute Gasteiger partial charge is 0.255 e. The summed E-state index contributed by atoms with van der Waals surface area (Å²) in [6, 6.07) is 10.3. The minimum atomic E-state index is -0.260. The predicted octanol–water partition coefficient (Wildman–Crippen LogP) is 3.13. The van der Waals surface area contributed by atoms with Gasteiger partial charge in [-0.1, -0.05) is 12.1 Å². The summed E-state index contributed by atoms with van der Waals surface area (Å²) >= 11 is 0. The Kier molecular flexibility index (Phi) is 4.67.